The van der Waals surface area contributed by atoms with Gasteiger partial charge in [0.15, 0.2) is 0 Å². The van der Waals surface area contributed by atoms with Gasteiger partial charge in [-0.25, -0.2) is 4.39 Å². The predicted octanol–water partition coefficient (Wildman–Crippen LogP) is 1.35. The van der Waals surface area contributed by atoms with Crippen molar-refractivity contribution in [2.24, 2.45) is 5.73 Å². The van der Waals surface area contributed by atoms with Crippen molar-refractivity contribution in [1.29, 1.82) is 0 Å². The summed E-state index contributed by atoms with van der Waals surface area (Å²) in [6, 6.07) is 3.72. The highest BCUT2D eigenvalue weighted by Crippen LogP contribution is 2.20. The van der Waals surface area contributed by atoms with E-state index in [1.807, 2.05) is 0 Å². The molecule has 4 nitrogen and oxygen atoms in total. The van der Waals surface area contributed by atoms with Crippen LogP contribution in [0.5, 0.6) is 0 Å². The van der Waals surface area contributed by atoms with Crippen LogP contribution in [-0.4, -0.2) is 24.1 Å². The smallest absolute Gasteiger partial charge is 0.322 e. The maximum absolute atomic E-state index is 13.1. The second-order valence-corrected chi connectivity index (χ2v) is 3.84. The summed E-state index contributed by atoms with van der Waals surface area (Å²) in [5.74, 6) is -0.791. The third-order valence-electron chi connectivity index (χ3n) is 2.67. The van der Waals surface area contributed by atoms with Crippen molar-refractivity contribution >= 4 is 16.9 Å². The second-order valence-electron chi connectivity index (χ2n) is 3.84. The molecule has 3 N–H and O–H groups in total. The van der Waals surface area contributed by atoms with E-state index in [-0.39, 0.29) is 5.82 Å². The topological polar surface area (TPSA) is 68.1 Å². The highest BCUT2D eigenvalue weighted by atomic mass is 19.1. The van der Waals surface area contributed by atoms with Gasteiger partial charge < -0.3 is 15.5 Å². The Morgan fingerprint density at radius 1 is 1.59 bits per heavy atom. The van der Waals surface area contributed by atoms with Crippen LogP contribution in [0.4, 0.5) is 4.39 Å². The van der Waals surface area contributed by atoms with E-state index < -0.39 is 12.0 Å². The summed E-state index contributed by atoms with van der Waals surface area (Å²) >= 11 is 0. The minimum absolute atomic E-state index is 0.315. The molecule has 2 aromatic rings. The molecule has 1 atom stereocenters. The third kappa shape index (κ3) is 2.29. The second kappa shape index (κ2) is 4.55. The number of halogens is 1. The number of carbonyl (C=O) groups excluding carboxylic acids is 1. The zero-order valence-electron chi connectivity index (χ0n) is 9.37. The lowest BCUT2D eigenvalue weighted by atomic mass is 10.1. The van der Waals surface area contributed by atoms with Gasteiger partial charge in [-0.3, -0.25) is 4.79 Å². The molecule has 5 heteroatoms. The van der Waals surface area contributed by atoms with Crippen molar-refractivity contribution in [1.82, 2.24) is 4.98 Å². The molecule has 90 valence electrons. The standard InChI is InChI=1S/C12H13FN2O2/c1-17-12(16)10(14)4-7-6-15-11-3-2-8(13)5-9(7)11/h2-3,5-6,10,15H,4,14H2,1H3/t10-/m0/s1. The first-order valence-corrected chi connectivity index (χ1v) is 5.20. The Kier molecular flexibility index (Phi) is 3.10. The van der Waals surface area contributed by atoms with Crippen LogP contribution in [-0.2, 0) is 16.0 Å². The lowest BCUT2D eigenvalue weighted by Gasteiger charge is -2.07. The summed E-state index contributed by atoms with van der Waals surface area (Å²) in [7, 11) is 1.29. The van der Waals surface area contributed by atoms with Crippen molar-refractivity contribution in [3.63, 3.8) is 0 Å². The van der Waals surface area contributed by atoms with Gasteiger partial charge >= 0.3 is 5.97 Å². The van der Waals surface area contributed by atoms with Crippen LogP contribution in [0.2, 0.25) is 0 Å². The number of hydrogen-bond acceptors (Lipinski definition) is 3. The van der Waals surface area contributed by atoms with E-state index in [9.17, 15) is 9.18 Å². The molecule has 0 fully saturated rings. The molecule has 0 saturated carbocycles. The highest BCUT2D eigenvalue weighted by Gasteiger charge is 2.16. The molecule has 1 aromatic heterocycles. The van der Waals surface area contributed by atoms with Crippen molar-refractivity contribution in [2.45, 2.75) is 12.5 Å². The number of fused-ring (bicyclic) bond motifs is 1. The summed E-state index contributed by atoms with van der Waals surface area (Å²) in [6.45, 7) is 0. The van der Waals surface area contributed by atoms with Crippen molar-refractivity contribution in [2.75, 3.05) is 7.11 Å². The molecule has 1 heterocycles. The summed E-state index contributed by atoms with van der Waals surface area (Å²) in [4.78, 5) is 14.2. The van der Waals surface area contributed by atoms with Crippen molar-refractivity contribution < 1.29 is 13.9 Å². The van der Waals surface area contributed by atoms with Gasteiger partial charge in [0.2, 0.25) is 0 Å². The molecular weight excluding hydrogens is 223 g/mol. The van der Waals surface area contributed by atoms with E-state index in [1.54, 1.807) is 12.3 Å². The van der Waals surface area contributed by atoms with Gasteiger partial charge in [0.25, 0.3) is 0 Å². The van der Waals surface area contributed by atoms with Crippen LogP contribution in [0.15, 0.2) is 24.4 Å². The highest BCUT2D eigenvalue weighted by molar-refractivity contribution is 5.84. The average Bonchev–Trinajstić information content (AvgIpc) is 2.71. The summed E-state index contributed by atoms with van der Waals surface area (Å²) < 4.78 is 17.7. The molecule has 17 heavy (non-hydrogen) atoms. The first-order valence-electron chi connectivity index (χ1n) is 5.20. The Labute approximate surface area is 97.6 Å². The van der Waals surface area contributed by atoms with Crippen molar-refractivity contribution in [3.8, 4) is 0 Å². The fourth-order valence-electron chi connectivity index (χ4n) is 1.79. The first kappa shape index (κ1) is 11.6. The van der Waals surface area contributed by atoms with Gasteiger partial charge in [-0.05, 0) is 23.8 Å². The van der Waals surface area contributed by atoms with Gasteiger partial charge in [-0.15, -0.1) is 0 Å². The molecule has 1 aromatic carbocycles. The number of rotatable bonds is 3. The Morgan fingerprint density at radius 2 is 2.35 bits per heavy atom. The minimum Gasteiger partial charge on any atom is -0.468 e. The molecule has 0 bridgehead atoms. The van der Waals surface area contributed by atoms with Gasteiger partial charge in [-0.1, -0.05) is 0 Å². The van der Waals surface area contributed by atoms with E-state index >= 15 is 0 Å². The third-order valence-corrected chi connectivity index (χ3v) is 2.67. The number of carbonyl (C=O) groups is 1. The number of ether oxygens (including phenoxy) is 1. The van der Waals surface area contributed by atoms with Gasteiger partial charge in [0.1, 0.15) is 11.9 Å². The number of benzene rings is 1. The van der Waals surface area contributed by atoms with E-state index in [0.29, 0.717) is 6.42 Å². The van der Waals surface area contributed by atoms with Crippen molar-refractivity contribution in [3.05, 3.63) is 35.8 Å². The number of methoxy groups -OCH3 is 1. The van der Waals surface area contributed by atoms with E-state index in [0.717, 1.165) is 16.5 Å². The van der Waals surface area contributed by atoms with E-state index in [4.69, 9.17) is 5.73 Å². The van der Waals surface area contributed by atoms with Gasteiger partial charge in [0, 0.05) is 23.5 Å². The molecule has 0 aliphatic carbocycles. The predicted molar refractivity (Wildman–Crippen MR) is 62.0 cm³/mol. The largest absolute Gasteiger partial charge is 0.468 e. The Bertz CT molecular complexity index is 550. The molecule has 0 amide bonds. The number of nitrogens with one attached hydrogen (secondary N) is 1. The van der Waals surface area contributed by atoms with Crippen LogP contribution < -0.4 is 5.73 Å². The number of H-pyrrole nitrogens is 1. The monoisotopic (exact) mass is 236 g/mol. The maximum atomic E-state index is 13.1. The molecule has 2 rings (SSSR count). The van der Waals surface area contributed by atoms with Gasteiger partial charge in [0.05, 0.1) is 7.11 Å². The van der Waals surface area contributed by atoms with Crippen LogP contribution in [0.25, 0.3) is 10.9 Å². The summed E-state index contributed by atoms with van der Waals surface area (Å²) in [5, 5.41) is 0.740. The zero-order chi connectivity index (χ0) is 12.4. The summed E-state index contributed by atoms with van der Waals surface area (Å²) in [6.07, 6.45) is 2.04. The zero-order valence-corrected chi connectivity index (χ0v) is 9.37. The van der Waals surface area contributed by atoms with Crippen LogP contribution in [0, 0.1) is 5.82 Å². The van der Waals surface area contributed by atoms with E-state index in [2.05, 4.69) is 9.72 Å². The molecule has 0 unspecified atom stereocenters. The molecule has 0 radical (unpaired) electrons. The van der Waals surface area contributed by atoms with Crippen LogP contribution in [0.3, 0.4) is 0 Å². The summed E-state index contributed by atoms with van der Waals surface area (Å²) in [5.41, 5.74) is 7.29. The molecule has 0 aliphatic rings. The number of esters is 1. The van der Waals surface area contributed by atoms with Crippen LogP contribution >= 0.6 is 0 Å². The van der Waals surface area contributed by atoms with E-state index in [1.165, 1.54) is 19.2 Å². The normalized spacial score (nSPS) is 12.6. The lowest BCUT2D eigenvalue weighted by Crippen LogP contribution is -2.33. The Hall–Kier alpha value is -1.88. The maximum Gasteiger partial charge on any atom is 0.322 e. The quantitative estimate of drug-likeness (QED) is 0.790. The first-order chi connectivity index (χ1) is 8.11. The van der Waals surface area contributed by atoms with Gasteiger partial charge in [-0.2, -0.15) is 0 Å². The molecule has 0 aliphatic heterocycles. The number of aromatic amines is 1. The molecular formula is C12H13FN2O2. The fraction of sp³-hybridized carbons (Fsp3) is 0.250. The number of hydrogen-bond donors (Lipinski definition) is 2. The SMILES string of the molecule is COC(=O)[C@@H](N)Cc1c[nH]c2ccc(F)cc12. The lowest BCUT2D eigenvalue weighted by molar-refractivity contribution is -0.142. The Morgan fingerprint density at radius 3 is 3.06 bits per heavy atom. The van der Waals surface area contributed by atoms with Crippen LogP contribution in [0.1, 0.15) is 5.56 Å². The fourth-order valence-corrected chi connectivity index (χ4v) is 1.79. The minimum atomic E-state index is -0.734. The number of aromatic nitrogens is 1. The number of nitrogens with two attached hydrogens (primary N) is 1. The molecule has 0 spiro atoms. The average molecular weight is 236 g/mol. The Balaban J connectivity index is 2.30. The molecule has 0 saturated heterocycles.